The van der Waals surface area contributed by atoms with Gasteiger partial charge in [0.15, 0.2) is 0 Å². The molecule has 2 heterocycles. The van der Waals surface area contributed by atoms with Crippen molar-refractivity contribution in [2.45, 2.75) is 0 Å². The predicted molar refractivity (Wildman–Crippen MR) is 266 cm³/mol. The van der Waals surface area contributed by atoms with Crippen LogP contribution in [-0.2, 0) is 0 Å². The third kappa shape index (κ3) is 8.44. The Morgan fingerprint density at radius 1 is 0.188 bits per heavy atom. The number of nitrogens with zero attached hydrogens (tertiary/aromatic N) is 6. The normalized spacial score (nSPS) is 10.8. The van der Waals surface area contributed by atoms with Crippen molar-refractivity contribution in [3.05, 3.63) is 267 Å². The van der Waals surface area contributed by atoms with E-state index in [0.717, 1.165) is 79.6 Å². The van der Waals surface area contributed by atoms with Crippen LogP contribution in [0.2, 0.25) is 0 Å². The van der Waals surface area contributed by atoms with Crippen molar-refractivity contribution in [1.82, 2.24) is 9.97 Å². The Bertz CT molecular complexity index is 2700. The van der Waals surface area contributed by atoms with E-state index in [1.807, 2.05) is 48.8 Å². The lowest BCUT2D eigenvalue weighted by Crippen LogP contribution is -2.13. The first-order valence-corrected chi connectivity index (χ1v) is 21.4. The largest absolute Gasteiger partial charge is 0.311 e. The molecule has 0 fully saturated rings. The molecule has 306 valence electrons. The number of anilines is 12. The summed E-state index contributed by atoms with van der Waals surface area (Å²) in [4.78, 5) is 19.0. The van der Waals surface area contributed by atoms with Crippen LogP contribution in [0.5, 0.6) is 0 Å². The maximum absolute atomic E-state index is 5.05. The molecule has 2 aromatic heterocycles. The zero-order chi connectivity index (χ0) is 42.9. The smallest absolute Gasteiger partial charge is 0.137 e. The minimum Gasteiger partial charge on any atom is -0.311 e. The van der Waals surface area contributed by atoms with Crippen molar-refractivity contribution in [1.29, 1.82) is 0 Å². The first kappa shape index (κ1) is 39.4. The molecule has 0 atom stereocenters. The molecular weight excluding hydrogens is 781 g/mol. The predicted octanol–water partition coefficient (Wildman–Crippen LogP) is 16.0. The molecule has 0 amide bonds. The molecule has 6 nitrogen and oxygen atoms in total. The van der Waals surface area contributed by atoms with E-state index >= 15 is 0 Å². The number of hydrogen-bond acceptors (Lipinski definition) is 6. The molecule has 10 rings (SSSR count). The summed E-state index contributed by atoms with van der Waals surface area (Å²) in [7, 11) is 0. The van der Waals surface area contributed by atoms with Crippen LogP contribution in [-0.4, -0.2) is 9.97 Å². The van der Waals surface area contributed by atoms with Crippen LogP contribution in [0.1, 0.15) is 0 Å². The number of hydrogen-bond donors (Lipinski definition) is 0. The van der Waals surface area contributed by atoms with Gasteiger partial charge in [0.1, 0.15) is 11.6 Å². The van der Waals surface area contributed by atoms with Crippen molar-refractivity contribution in [2.24, 2.45) is 0 Å². The molecular formula is C58H44N6. The van der Waals surface area contributed by atoms with Gasteiger partial charge in [0, 0.05) is 80.4 Å². The SMILES string of the molecule is c1ccc(N(c2ccccc2)c2ccc(N(c3ccccc3)c3ccc(-c4ccc(N(c5ccccc5)c5ccc(N(c6ccccc6)c6ccccc6)cc5)nc4)cn3)cc2)cc1. The number of rotatable bonds is 13. The van der Waals surface area contributed by atoms with Gasteiger partial charge in [-0.05, 0) is 146 Å². The van der Waals surface area contributed by atoms with Gasteiger partial charge in [0.2, 0.25) is 0 Å². The van der Waals surface area contributed by atoms with Crippen molar-refractivity contribution >= 4 is 68.5 Å². The van der Waals surface area contributed by atoms with E-state index in [1.165, 1.54) is 0 Å². The van der Waals surface area contributed by atoms with Gasteiger partial charge in [-0.25, -0.2) is 9.97 Å². The monoisotopic (exact) mass is 824 g/mol. The number of aromatic nitrogens is 2. The molecule has 8 aromatic carbocycles. The molecule has 0 saturated heterocycles. The summed E-state index contributed by atoms with van der Waals surface area (Å²) in [6.07, 6.45) is 3.86. The van der Waals surface area contributed by atoms with Gasteiger partial charge in [0.05, 0.1) is 0 Å². The van der Waals surface area contributed by atoms with Gasteiger partial charge < -0.3 is 9.80 Å². The van der Waals surface area contributed by atoms with Gasteiger partial charge in [-0.15, -0.1) is 0 Å². The molecule has 0 aliphatic rings. The molecule has 64 heavy (non-hydrogen) atoms. The fraction of sp³-hybridized carbons (Fsp3) is 0. The zero-order valence-electron chi connectivity index (χ0n) is 35.1. The molecule has 0 saturated carbocycles. The lowest BCUT2D eigenvalue weighted by atomic mass is 10.1. The third-order valence-corrected chi connectivity index (χ3v) is 11.1. The zero-order valence-corrected chi connectivity index (χ0v) is 35.1. The van der Waals surface area contributed by atoms with Crippen LogP contribution < -0.4 is 19.6 Å². The van der Waals surface area contributed by atoms with E-state index in [2.05, 4.69) is 238 Å². The van der Waals surface area contributed by atoms with Crippen molar-refractivity contribution < 1.29 is 0 Å². The topological polar surface area (TPSA) is 38.7 Å². The van der Waals surface area contributed by atoms with Gasteiger partial charge >= 0.3 is 0 Å². The van der Waals surface area contributed by atoms with E-state index in [1.54, 1.807) is 0 Å². The van der Waals surface area contributed by atoms with Crippen molar-refractivity contribution in [2.75, 3.05) is 19.6 Å². The highest BCUT2D eigenvalue weighted by Gasteiger charge is 2.19. The molecule has 10 aromatic rings. The van der Waals surface area contributed by atoms with Gasteiger partial charge in [-0.3, -0.25) is 9.80 Å². The summed E-state index contributed by atoms with van der Waals surface area (Å²) in [5, 5.41) is 0. The quantitative estimate of drug-likeness (QED) is 0.115. The highest BCUT2D eigenvalue weighted by atomic mass is 15.2. The Hall–Kier alpha value is -8.74. The number of para-hydroxylation sites is 6. The summed E-state index contributed by atoms with van der Waals surface area (Å²) >= 11 is 0. The van der Waals surface area contributed by atoms with Gasteiger partial charge in [0.25, 0.3) is 0 Å². The highest BCUT2D eigenvalue weighted by Crippen LogP contribution is 2.41. The van der Waals surface area contributed by atoms with E-state index in [-0.39, 0.29) is 0 Å². The van der Waals surface area contributed by atoms with Crippen LogP contribution in [0.15, 0.2) is 267 Å². The second kappa shape index (κ2) is 18.5. The molecule has 0 unspecified atom stereocenters. The fourth-order valence-electron chi connectivity index (χ4n) is 8.06. The summed E-state index contributed by atoms with van der Waals surface area (Å²) in [5.41, 5.74) is 12.5. The van der Waals surface area contributed by atoms with Crippen LogP contribution >= 0.6 is 0 Å². The first-order valence-electron chi connectivity index (χ1n) is 21.4. The van der Waals surface area contributed by atoms with E-state index in [4.69, 9.17) is 9.97 Å². The molecule has 0 radical (unpaired) electrons. The third-order valence-electron chi connectivity index (χ3n) is 11.1. The minimum absolute atomic E-state index is 0.812. The Balaban J connectivity index is 0.932. The molecule has 0 aliphatic heterocycles. The van der Waals surface area contributed by atoms with Crippen LogP contribution in [0.3, 0.4) is 0 Å². The Kier molecular flexibility index (Phi) is 11.4. The second-order valence-corrected chi connectivity index (χ2v) is 15.2. The fourth-order valence-corrected chi connectivity index (χ4v) is 8.06. The Morgan fingerprint density at radius 3 is 0.609 bits per heavy atom. The van der Waals surface area contributed by atoms with E-state index in [0.29, 0.717) is 0 Å². The first-order chi connectivity index (χ1) is 31.8. The number of benzene rings is 8. The summed E-state index contributed by atoms with van der Waals surface area (Å²) in [6.45, 7) is 0. The number of pyridine rings is 2. The molecule has 0 N–H and O–H groups in total. The van der Waals surface area contributed by atoms with E-state index in [9.17, 15) is 0 Å². The lowest BCUT2D eigenvalue weighted by Gasteiger charge is -2.28. The summed E-state index contributed by atoms with van der Waals surface area (Å²) in [5.74, 6) is 1.62. The van der Waals surface area contributed by atoms with Gasteiger partial charge in [-0.2, -0.15) is 0 Å². The summed E-state index contributed by atoms with van der Waals surface area (Å²) in [6, 6.07) is 88.3. The van der Waals surface area contributed by atoms with Crippen LogP contribution in [0, 0.1) is 0 Å². The van der Waals surface area contributed by atoms with Gasteiger partial charge in [-0.1, -0.05) is 109 Å². The Labute approximate surface area is 374 Å². The molecule has 6 heteroatoms. The highest BCUT2D eigenvalue weighted by molar-refractivity contribution is 5.83. The lowest BCUT2D eigenvalue weighted by molar-refractivity contribution is 1.17. The average Bonchev–Trinajstić information content (AvgIpc) is 3.38. The molecule has 0 aliphatic carbocycles. The Morgan fingerprint density at radius 2 is 0.391 bits per heavy atom. The maximum Gasteiger partial charge on any atom is 0.137 e. The average molecular weight is 825 g/mol. The van der Waals surface area contributed by atoms with Crippen molar-refractivity contribution in [3.63, 3.8) is 0 Å². The van der Waals surface area contributed by atoms with Crippen LogP contribution in [0.4, 0.5) is 68.5 Å². The van der Waals surface area contributed by atoms with Crippen LogP contribution in [0.25, 0.3) is 11.1 Å². The van der Waals surface area contributed by atoms with E-state index < -0.39 is 0 Å². The second-order valence-electron chi connectivity index (χ2n) is 15.2. The summed E-state index contributed by atoms with van der Waals surface area (Å²) < 4.78 is 0. The maximum atomic E-state index is 5.05. The standard InChI is InChI=1S/C58H44N6/c1-7-19-47(20-8-1)61(48-21-9-2-10-22-48)53-33-37-55(38-34-53)63(51-27-15-5-16-28-51)57-41-31-45(43-59-57)46-32-42-58(60-44-46)64(52-29-17-6-18-30-52)56-39-35-54(36-40-56)62(49-23-11-3-12-24-49)50-25-13-4-14-26-50/h1-44H. The molecule has 0 bridgehead atoms. The van der Waals surface area contributed by atoms with Crippen molar-refractivity contribution in [3.8, 4) is 11.1 Å². The minimum atomic E-state index is 0.812. The molecule has 0 spiro atoms.